The average molecular weight is 234 g/mol. The minimum absolute atomic E-state index is 0.0816. The molecular formula is C11H20ClNO2. The van der Waals surface area contributed by atoms with Gasteiger partial charge in [-0.3, -0.25) is 4.79 Å². The Morgan fingerprint density at radius 2 is 2.33 bits per heavy atom. The van der Waals surface area contributed by atoms with Crippen molar-refractivity contribution in [3.8, 4) is 0 Å². The normalized spacial score (nSPS) is 23.1. The number of hydrogen-bond acceptors (Lipinski definition) is 2. The van der Waals surface area contributed by atoms with Crippen LogP contribution in [0, 0.1) is 5.92 Å². The van der Waals surface area contributed by atoms with Gasteiger partial charge in [-0.15, -0.1) is 11.6 Å². The van der Waals surface area contributed by atoms with E-state index in [-0.39, 0.29) is 11.3 Å². The van der Waals surface area contributed by atoms with Gasteiger partial charge in [0.2, 0.25) is 5.91 Å². The van der Waals surface area contributed by atoms with E-state index >= 15 is 0 Å². The lowest BCUT2D eigenvalue weighted by Gasteiger charge is -2.19. The highest BCUT2D eigenvalue weighted by molar-refractivity contribution is 6.30. The Kier molecular flexibility index (Phi) is 5.40. The first-order valence-electron chi connectivity index (χ1n) is 5.69. The van der Waals surface area contributed by atoms with E-state index in [2.05, 4.69) is 0 Å². The monoisotopic (exact) mass is 233 g/mol. The summed E-state index contributed by atoms with van der Waals surface area (Å²) in [6.45, 7) is 7.08. The SMILES string of the molecule is CCOC[C@@H]1CCN(C(=O)[C@H](Cl)CC)C1. The maximum absolute atomic E-state index is 11.7. The van der Waals surface area contributed by atoms with Gasteiger partial charge in [0, 0.05) is 25.6 Å². The van der Waals surface area contributed by atoms with Crippen LogP contribution in [-0.2, 0) is 9.53 Å². The number of likely N-dealkylation sites (tertiary alicyclic amines) is 1. The minimum Gasteiger partial charge on any atom is -0.381 e. The van der Waals surface area contributed by atoms with Gasteiger partial charge in [-0.2, -0.15) is 0 Å². The first kappa shape index (κ1) is 12.8. The van der Waals surface area contributed by atoms with E-state index in [1.807, 2.05) is 18.7 Å². The summed E-state index contributed by atoms with van der Waals surface area (Å²) in [6.07, 6.45) is 1.74. The third-order valence-electron chi connectivity index (χ3n) is 2.78. The van der Waals surface area contributed by atoms with Crippen molar-refractivity contribution in [2.24, 2.45) is 5.92 Å². The average Bonchev–Trinajstić information content (AvgIpc) is 2.72. The van der Waals surface area contributed by atoms with Crippen LogP contribution in [0.2, 0.25) is 0 Å². The predicted molar refractivity (Wildman–Crippen MR) is 61.1 cm³/mol. The van der Waals surface area contributed by atoms with E-state index in [1.165, 1.54) is 0 Å². The fourth-order valence-corrected chi connectivity index (χ4v) is 1.96. The maximum Gasteiger partial charge on any atom is 0.240 e. The fraction of sp³-hybridized carbons (Fsp3) is 0.909. The fourth-order valence-electron chi connectivity index (χ4n) is 1.83. The second-order valence-corrected chi connectivity index (χ2v) is 4.50. The van der Waals surface area contributed by atoms with Crippen LogP contribution < -0.4 is 0 Å². The minimum atomic E-state index is -0.351. The molecule has 0 radical (unpaired) electrons. The Balaban J connectivity index is 2.32. The molecule has 0 aromatic rings. The Morgan fingerprint density at radius 3 is 2.93 bits per heavy atom. The molecule has 1 aliphatic rings. The molecular weight excluding hydrogens is 214 g/mol. The molecule has 0 aromatic heterocycles. The van der Waals surface area contributed by atoms with Gasteiger partial charge in [0.25, 0.3) is 0 Å². The third kappa shape index (κ3) is 3.65. The number of rotatable bonds is 5. The molecule has 3 nitrogen and oxygen atoms in total. The number of carbonyl (C=O) groups excluding carboxylic acids is 1. The number of halogens is 1. The number of alkyl halides is 1. The summed E-state index contributed by atoms with van der Waals surface area (Å²) >= 11 is 5.93. The van der Waals surface area contributed by atoms with E-state index in [0.29, 0.717) is 12.3 Å². The van der Waals surface area contributed by atoms with Gasteiger partial charge in [-0.1, -0.05) is 6.92 Å². The van der Waals surface area contributed by atoms with Crippen molar-refractivity contribution in [2.75, 3.05) is 26.3 Å². The van der Waals surface area contributed by atoms with Crippen LogP contribution in [0.3, 0.4) is 0 Å². The van der Waals surface area contributed by atoms with Crippen molar-refractivity contribution in [3.63, 3.8) is 0 Å². The Hall–Kier alpha value is -0.280. The zero-order valence-electron chi connectivity index (χ0n) is 9.54. The number of hydrogen-bond donors (Lipinski definition) is 0. The highest BCUT2D eigenvalue weighted by atomic mass is 35.5. The Labute approximate surface area is 96.7 Å². The van der Waals surface area contributed by atoms with Gasteiger partial charge < -0.3 is 9.64 Å². The molecule has 0 bridgehead atoms. The van der Waals surface area contributed by atoms with Gasteiger partial charge in [-0.25, -0.2) is 0 Å². The van der Waals surface area contributed by atoms with Crippen LogP contribution in [0.5, 0.6) is 0 Å². The van der Waals surface area contributed by atoms with E-state index in [0.717, 1.165) is 32.7 Å². The van der Waals surface area contributed by atoms with Gasteiger partial charge >= 0.3 is 0 Å². The molecule has 0 saturated carbocycles. The molecule has 1 fully saturated rings. The van der Waals surface area contributed by atoms with Crippen LogP contribution in [0.15, 0.2) is 0 Å². The summed E-state index contributed by atoms with van der Waals surface area (Å²) < 4.78 is 5.36. The predicted octanol–water partition coefficient (Wildman–Crippen LogP) is 1.89. The lowest BCUT2D eigenvalue weighted by molar-refractivity contribution is -0.130. The first-order valence-corrected chi connectivity index (χ1v) is 6.13. The summed E-state index contributed by atoms with van der Waals surface area (Å²) in [5, 5.41) is -0.351. The topological polar surface area (TPSA) is 29.5 Å². The largest absolute Gasteiger partial charge is 0.381 e. The molecule has 88 valence electrons. The number of carbonyl (C=O) groups is 1. The van der Waals surface area contributed by atoms with E-state index < -0.39 is 0 Å². The van der Waals surface area contributed by atoms with Crippen LogP contribution >= 0.6 is 11.6 Å². The van der Waals surface area contributed by atoms with E-state index in [1.54, 1.807) is 0 Å². The van der Waals surface area contributed by atoms with Gasteiger partial charge in [0.15, 0.2) is 0 Å². The molecule has 1 aliphatic heterocycles. The van der Waals surface area contributed by atoms with E-state index in [4.69, 9.17) is 16.3 Å². The molecule has 2 atom stereocenters. The molecule has 0 spiro atoms. The first-order chi connectivity index (χ1) is 7.19. The van der Waals surface area contributed by atoms with Crippen molar-refractivity contribution in [1.29, 1.82) is 0 Å². The van der Waals surface area contributed by atoms with Gasteiger partial charge in [0.1, 0.15) is 5.38 Å². The molecule has 0 aromatic carbocycles. The summed E-state index contributed by atoms with van der Waals surface area (Å²) in [5.41, 5.74) is 0. The molecule has 0 unspecified atom stereocenters. The number of nitrogens with zero attached hydrogens (tertiary/aromatic N) is 1. The zero-order valence-corrected chi connectivity index (χ0v) is 10.3. The quantitative estimate of drug-likeness (QED) is 0.679. The molecule has 0 aliphatic carbocycles. The summed E-state index contributed by atoms with van der Waals surface area (Å²) in [6, 6.07) is 0. The third-order valence-corrected chi connectivity index (χ3v) is 3.28. The molecule has 15 heavy (non-hydrogen) atoms. The molecule has 4 heteroatoms. The van der Waals surface area contributed by atoms with Crippen molar-refractivity contribution >= 4 is 17.5 Å². The summed E-state index contributed by atoms with van der Waals surface area (Å²) in [5.74, 6) is 0.577. The molecule has 1 heterocycles. The highest BCUT2D eigenvalue weighted by Crippen LogP contribution is 2.19. The van der Waals surface area contributed by atoms with Crippen LogP contribution in [0.25, 0.3) is 0 Å². The Morgan fingerprint density at radius 1 is 1.60 bits per heavy atom. The number of ether oxygens (including phenoxy) is 1. The van der Waals surface area contributed by atoms with Crippen LogP contribution in [0.4, 0.5) is 0 Å². The molecule has 1 amide bonds. The summed E-state index contributed by atoms with van der Waals surface area (Å²) in [4.78, 5) is 13.6. The second-order valence-electron chi connectivity index (χ2n) is 3.97. The molecule has 1 saturated heterocycles. The lowest BCUT2D eigenvalue weighted by atomic mass is 10.1. The van der Waals surface area contributed by atoms with E-state index in [9.17, 15) is 4.79 Å². The lowest BCUT2D eigenvalue weighted by Crippen LogP contribution is -2.35. The van der Waals surface area contributed by atoms with Crippen molar-refractivity contribution < 1.29 is 9.53 Å². The van der Waals surface area contributed by atoms with Crippen LogP contribution in [-0.4, -0.2) is 42.5 Å². The smallest absolute Gasteiger partial charge is 0.240 e. The van der Waals surface area contributed by atoms with Gasteiger partial charge in [0.05, 0.1) is 6.61 Å². The van der Waals surface area contributed by atoms with Crippen molar-refractivity contribution in [1.82, 2.24) is 4.90 Å². The van der Waals surface area contributed by atoms with Crippen LogP contribution in [0.1, 0.15) is 26.7 Å². The van der Waals surface area contributed by atoms with Crippen molar-refractivity contribution in [2.45, 2.75) is 32.1 Å². The summed E-state index contributed by atoms with van der Waals surface area (Å²) in [7, 11) is 0. The molecule has 0 N–H and O–H groups in total. The van der Waals surface area contributed by atoms with Gasteiger partial charge in [-0.05, 0) is 19.8 Å². The zero-order chi connectivity index (χ0) is 11.3. The highest BCUT2D eigenvalue weighted by Gasteiger charge is 2.29. The van der Waals surface area contributed by atoms with Crippen molar-refractivity contribution in [3.05, 3.63) is 0 Å². The Bertz CT molecular complexity index is 211. The standard InChI is InChI=1S/C11H20ClNO2/c1-3-10(12)11(14)13-6-5-9(7-13)8-15-4-2/h9-10H,3-8H2,1-2H3/t9-,10-/m1/s1. The molecule has 1 rings (SSSR count). The number of amides is 1. The second kappa shape index (κ2) is 6.33. The maximum atomic E-state index is 11.7.